The maximum atomic E-state index is 12.5. The van der Waals surface area contributed by atoms with E-state index in [4.69, 9.17) is 0 Å². The molecule has 2 bridgehead atoms. The Morgan fingerprint density at radius 3 is 2.36 bits per heavy atom. The molecule has 1 amide bonds. The first-order chi connectivity index (χ1) is 11.9. The lowest BCUT2D eigenvalue weighted by molar-refractivity contribution is -0.384. The normalized spacial score (nSPS) is 26.4. The van der Waals surface area contributed by atoms with Crippen molar-refractivity contribution in [2.75, 3.05) is 6.54 Å². The molecule has 1 aromatic rings. The van der Waals surface area contributed by atoms with Crippen molar-refractivity contribution in [2.24, 2.45) is 5.92 Å². The van der Waals surface area contributed by atoms with E-state index in [0.717, 1.165) is 19.4 Å². The predicted octanol–water partition coefficient (Wildman–Crippen LogP) is 3.37. The van der Waals surface area contributed by atoms with Crippen molar-refractivity contribution in [3.05, 3.63) is 39.9 Å². The van der Waals surface area contributed by atoms with Gasteiger partial charge >= 0.3 is 0 Å². The zero-order chi connectivity index (χ0) is 18.0. The van der Waals surface area contributed by atoms with Crippen LogP contribution < -0.4 is 5.32 Å². The number of carbonyl (C=O) groups excluding carboxylic acids is 1. The third kappa shape index (κ3) is 4.18. The molecule has 6 nitrogen and oxygen atoms in total. The smallest absolute Gasteiger partial charge is 0.269 e. The molecule has 25 heavy (non-hydrogen) atoms. The first-order valence-corrected chi connectivity index (χ1v) is 9.25. The molecule has 3 rings (SSSR count). The molecule has 2 aliphatic rings. The van der Waals surface area contributed by atoms with Gasteiger partial charge in [-0.05, 0) is 43.7 Å². The van der Waals surface area contributed by atoms with Gasteiger partial charge in [-0.3, -0.25) is 19.8 Å². The molecule has 2 saturated heterocycles. The number of non-ortho nitro benzene ring substituents is 1. The number of hydrogen-bond donors (Lipinski definition) is 1. The lowest BCUT2D eigenvalue weighted by Gasteiger charge is -2.49. The molecular formula is C19H27N3O3. The van der Waals surface area contributed by atoms with Gasteiger partial charge in [0, 0.05) is 42.4 Å². The number of carbonyl (C=O) groups is 1. The molecule has 0 radical (unpaired) electrons. The van der Waals surface area contributed by atoms with E-state index < -0.39 is 4.92 Å². The Morgan fingerprint density at radius 2 is 1.84 bits per heavy atom. The molecule has 0 unspecified atom stereocenters. The Labute approximate surface area is 148 Å². The second kappa shape index (κ2) is 7.52. The second-order valence-corrected chi connectivity index (χ2v) is 7.77. The van der Waals surface area contributed by atoms with Crippen LogP contribution in [0.25, 0.3) is 0 Å². The van der Waals surface area contributed by atoms with Crippen LogP contribution in [0.2, 0.25) is 0 Å². The minimum Gasteiger partial charge on any atom is -0.349 e. The highest BCUT2D eigenvalue weighted by Gasteiger charge is 2.38. The Kier molecular flexibility index (Phi) is 5.37. The third-order valence-corrected chi connectivity index (χ3v) is 5.38. The van der Waals surface area contributed by atoms with Gasteiger partial charge in [0.05, 0.1) is 4.92 Å². The molecular weight excluding hydrogens is 318 g/mol. The molecule has 0 spiro atoms. The number of rotatable bonds is 5. The van der Waals surface area contributed by atoms with E-state index in [1.54, 1.807) is 0 Å². The largest absolute Gasteiger partial charge is 0.349 e. The lowest BCUT2D eigenvalue weighted by Crippen LogP contribution is -2.57. The van der Waals surface area contributed by atoms with Gasteiger partial charge in [0.15, 0.2) is 0 Å². The van der Waals surface area contributed by atoms with Gasteiger partial charge in [-0.15, -0.1) is 0 Å². The molecule has 1 aromatic carbocycles. The van der Waals surface area contributed by atoms with Crippen LogP contribution in [0.15, 0.2) is 24.3 Å². The van der Waals surface area contributed by atoms with Crippen LogP contribution in [0.1, 0.15) is 56.3 Å². The summed E-state index contributed by atoms with van der Waals surface area (Å²) in [5.74, 6) is 0.532. The van der Waals surface area contributed by atoms with E-state index in [1.165, 1.54) is 43.5 Å². The first kappa shape index (κ1) is 17.9. The number of nitrogens with one attached hydrogen (secondary N) is 1. The molecule has 6 heteroatoms. The molecule has 0 aliphatic carbocycles. The van der Waals surface area contributed by atoms with Crippen molar-refractivity contribution in [2.45, 2.75) is 64.1 Å². The van der Waals surface area contributed by atoms with Crippen LogP contribution in [0.4, 0.5) is 5.69 Å². The monoisotopic (exact) mass is 345 g/mol. The summed E-state index contributed by atoms with van der Waals surface area (Å²) in [4.78, 5) is 25.4. The van der Waals surface area contributed by atoms with Crippen LogP contribution in [0, 0.1) is 16.0 Å². The minimum atomic E-state index is -0.451. The molecule has 2 aliphatic heterocycles. The second-order valence-electron chi connectivity index (χ2n) is 7.77. The van der Waals surface area contributed by atoms with Crippen LogP contribution in [0.3, 0.4) is 0 Å². The number of benzene rings is 1. The number of amides is 1. The van der Waals surface area contributed by atoms with Gasteiger partial charge in [-0.2, -0.15) is 0 Å². The Balaban J connectivity index is 1.62. The number of fused-ring (bicyclic) bond motifs is 2. The Morgan fingerprint density at radius 1 is 1.24 bits per heavy atom. The molecule has 2 heterocycles. The summed E-state index contributed by atoms with van der Waals surface area (Å²) >= 11 is 0. The maximum absolute atomic E-state index is 12.5. The Hall–Kier alpha value is -1.95. The van der Waals surface area contributed by atoms with E-state index in [9.17, 15) is 14.9 Å². The van der Waals surface area contributed by atoms with Crippen molar-refractivity contribution in [3.8, 4) is 0 Å². The summed E-state index contributed by atoms with van der Waals surface area (Å²) in [6, 6.07) is 7.16. The SMILES string of the molecule is CC(C)CN1[C@@H]2CCC[C@@H]1CC(NC(=O)c1ccc([N+](=O)[O-])cc1)C2. The van der Waals surface area contributed by atoms with E-state index >= 15 is 0 Å². The van der Waals surface area contributed by atoms with Gasteiger partial charge in [0.25, 0.3) is 11.6 Å². The number of nitrogens with zero attached hydrogens (tertiary/aromatic N) is 2. The fourth-order valence-electron chi connectivity index (χ4n) is 4.32. The molecule has 136 valence electrons. The van der Waals surface area contributed by atoms with Crippen molar-refractivity contribution in [1.29, 1.82) is 0 Å². The topological polar surface area (TPSA) is 75.5 Å². The summed E-state index contributed by atoms with van der Waals surface area (Å²) in [6.07, 6.45) is 5.72. The van der Waals surface area contributed by atoms with Gasteiger partial charge in [-0.25, -0.2) is 0 Å². The van der Waals surface area contributed by atoms with Gasteiger partial charge in [0.1, 0.15) is 0 Å². The van der Waals surface area contributed by atoms with Crippen molar-refractivity contribution in [1.82, 2.24) is 10.2 Å². The van der Waals surface area contributed by atoms with Gasteiger partial charge < -0.3 is 5.32 Å². The number of hydrogen-bond acceptors (Lipinski definition) is 4. The van der Waals surface area contributed by atoms with Crippen LogP contribution in [0.5, 0.6) is 0 Å². The van der Waals surface area contributed by atoms with E-state index in [-0.39, 0.29) is 17.6 Å². The standard InChI is InChI=1S/C19H27N3O3/c1-13(2)12-21-17-4-3-5-18(21)11-15(10-17)20-19(23)14-6-8-16(9-7-14)22(24)25/h6-9,13,15,17-18H,3-5,10-12H2,1-2H3,(H,20,23)/t17-,18-/m1/s1. The quantitative estimate of drug-likeness (QED) is 0.656. The highest BCUT2D eigenvalue weighted by atomic mass is 16.6. The molecule has 0 aromatic heterocycles. The number of piperidine rings is 2. The molecule has 2 fully saturated rings. The fourth-order valence-corrected chi connectivity index (χ4v) is 4.32. The molecule has 2 atom stereocenters. The van der Waals surface area contributed by atoms with Crippen molar-refractivity contribution in [3.63, 3.8) is 0 Å². The van der Waals surface area contributed by atoms with Crippen LogP contribution in [-0.2, 0) is 0 Å². The first-order valence-electron chi connectivity index (χ1n) is 9.25. The van der Waals surface area contributed by atoms with Crippen LogP contribution in [-0.4, -0.2) is 40.4 Å². The zero-order valence-electron chi connectivity index (χ0n) is 15.0. The average molecular weight is 345 g/mol. The van der Waals surface area contributed by atoms with Crippen molar-refractivity contribution < 1.29 is 9.72 Å². The van der Waals surface area contributed by atoms with Gasteiger partial charge in [-0.1, -0.05) is 20.3 Å². The minimum absolute atomic E-state index is 0.00748. The van der Waals surface area contributed by atoms with Crippen molar-refractivity contribution >= 4 is 11.6 Å². The third-order valence-electron chi connectivity index (χ3n) is 5.38. The zero-order valence-corrected chi connectivity index (χ0v) is 15.0. The lowest BCUT2D eigenvalue weighted by atomic mass is 9.81. The highest BCUT2D eigenvalue weighted by molar-refractivity contribution is 5.94. The highest BCUT2D eigenvalue weighted by Crippen LogP contribution is 2.34. The van der Waals surface area contributed by atoms with E-state index in [2.05, 4.69) is 24.1 Å². The van der Waals surface area contributed by atoms with Gasteiger partial charge in [0.2, 0.25) is 0 Å². The summed E-state index contributed by atoms with van der Waals surface area (Å²) in [5.41, 5.74) is 0.494. The summed E-state index contributed by atoms with van der Waals surface area (Å²) in [6.45, 7) is 5.66. The van der Waals surface area contributed by atoms with E-state index in [1.807, 2.05) is 0 Å². The number of nitro benzene ring substituents is 1. The fraction of sp³-hybridized carbons (Fsp3) is 0.632. The number of nitro groups is 1. The Bertz CT molecular complexity index is 615. The average Bonchev–Trinajstić information content (AvgIpc) is 2.55. The van der Waals surface area contributed by atoms with Crippen LogP contribution >= 0.6 is 0 Å². The maximum Gasteiger partial charge on any atom is 0.269 e. The summed E-state index contributed by atoms with van der Waals surface area (Å²) in [5, 5.41) is 13.9. The predicted molar refractivity (Wildman–Crippen MR) is 96.6 cm³/mol. The molecule has 1 N–H and O–H groups in total. The molecule has 0 saturated carbocycles. The summed E-state index contributed by atoms with van der Waals surface area (Å²) < 4.78 is 0. The summed E-state index contributed by atoms with van der Waals surface area (Å²) in [7, 11) is 0. The van der Waals surface area contributed by atoms with E-state index in [0.29, 0.717) is 23.6 Å².